The summed E-state index contributed by atoms with van der Waals surface area (Å²) in [5.41, 5.74) is 1.50. The summed E-state index contributed by atoms with van der Waals surface area (Å²) in [6.45, 7) is 2.45. The smallest absolute Gasteiger partial charge is 0.260 e. The first kappa shape index (κ1) is 13.5. The molecule has 1 saturated heterocycles. The number of amides is 1. The van der Waals surface area contributed by atoms with Gasteiger partial charge in [-0.1, -0.05) is 6.07 Å². The van der Waals surface area contributed by atoms with Crippen LogP contribution < -0.4 is 5.56 Å². The van der Waals surface area contributed by atoms with Crippen LogP contribution in [-0.2, 0) is 0 Å². The van der Waals surface area contributed by atoms with Crippen LogP contribution in [0.25, 0.3) is 0 Å². The minimum absolute atomic E-state index is 0.0422. The van der Waals surface area contributed by atoms with Crippen molar-refractivity contribution in [3.05, 3.63) is 63.8 Å². The molecule has 108 valence electrons. The molecule has 21 heavy (non-hydrogen) atoms. The van der Waals surface area contributed by atoms with E-state index in [1.165, 1.54) is 0 Å². The van der Waals surface area contributed by atoms with E-state index >= 15 is 0 Å². The maximum atomic E-state index is 12.6. The minimum Gasteiger partial charge on any atom is -0.330 e. The molecular weight excluding hydrogens is 266 g/mol. The number of aromatic amines is 1. The Morgan fingerprint density at radius 2 is 2.19 bits per heavy atom. The molecule has 1 atom stereocenters. The average molecular weight is 283 g/mol. The van der Waals surface area contributed by atoms with Gasteiger partial charge in [0.2, 0.25) is 0 Å². The Labute approximate surface area is 122 Å². The van der Waals surface area contributed by atoms with Crippen LogP contribution in [0.1, 0.15) is 40.6 Å². The fraction of sp³-hybridized carbons (Fsp3) is 0.312. The molecule has 0 aromatic carbocycles. The summed E-state index contributed by atoms with van der Waals surface area (Å²) in [7, 11) is 0. The Balaban J connectivity index is 1.92. The van der Waals surface area contributed by atoms with Crippen molar-refractivity contribution in [1.82, 2.24) is 14.9 Å². The van der Waals surface area contributed by atoms with Gasteiger partial charge in [0.05, 0.1) is 11.7 Å². The zero-order valence-electron chi connectivity index (χ0n) is 11.9. The number of nitrogens with one attached hydrogen (secondary N) is 1. The molecule has 5 nitrogen and oxygen atoms in total. The van der Waals surface area contributed by atoms with Crippen LogP contribution in [0.3, 0.4) is 0 Å². The Hall–Kier alpha value is -2.43. The molecule has 0 bridgehead atoms. The van der Waals surface area contributed by atoms with Gasteiger partial charge in [0.1, 0.15) is 5.56 Å². The third kappa shape index (κ3) is 2.59. The highest BCUT2D eigenvalue weighted by Gasteiger charge is 2.32. The van der Waals surface area contributed by atoms with Crippen LogP contribution in [0.4, 0.5) is 0 Å². The lowest BCUT2D eigenvalue weighted by Crippen LogP contribution is -2.34. The average Bonchev–Trinajstić information content (AvgIpc) is 2.97. The number of aryl methyl sites for hydroxylation is 1. The number of aromatic nitrogens is 2. The van der Waals surface area contributed by atoms with Gasteiger partial charge in [-0.3, -0.25) is 14.6 Å². The van der Waals surface area contributed by atoms with Crippen molar-refractivity contribution in [3.8, 4) is 0 Å². The Morgan fingerprint density at radius 3 is 2.90 bits per heavy atom. The number of H-pyrrole nitrogens is 1. The van der Waals surface area contributed by atoms with Crippen LogP contribution in [0.15, 0.2) is 41.3 Å². The molecule has 5 heteroatoms. The van der Waals surface area contributed by atoms with Gasteiger partial charge in [0.15, 0.2) is 0 Å². The fourth-order valence-corrected chi connectivity index (χ4v) is 2.79. The van der Waals surface area contributed by atoms with Crippen molar-refractivity contribution in [3.63, 3.8) is 0 Å². The molecule has 1 aliphatic rings. The minimum atomic E-state index is -0.327. The lowest BCUT2D eigenvalue weighted by atomic mass is 10.1. The van der Waals surface area contributed by atoms with Gasteiger partial charge in [-0.05, 0) is 44.0 Å². The Kier molecular flexibility index (Phi) is 3.56. The van der Waals surface area contributed by atoms with Gasteiger partial charge in [-0.25, -0.2) is 0 Å². The highest BCUT2D eigenvalue weighted by Crippen LogP contribution is 2.31. The maximum Gasteiger partial charge on any atom is 0.260 e. The Bertz CT molecular complexity index is 709. The van der Waals surface area contributed by atoms with Crippen molar-refractivity contribution in [1.29, 1.82) is 0 Å². The topological polar surface area (TPSA) is 66.1 Å². The standard InChI is InChI=1S/C16H17N3O2/c1-11-7-8-12(15(20)18-11)16(21)19-10-4-6-14(19)13-5-2-3-9-17-13/h2-3,5,7-9,14H,4,6,10H2,1H3,(H,18,20). The molecule has 0 radical (unpaired) electrons. The second-order valence-electron chi connectivity index (χ2n) is 5.30. The van der Waals surface area contributed by atoms with E-state index in [0.717, 1.165) is 24.2 Å². The largest absolute Gasteiger partial charge is 0.330 e. The van der Waals surface area contributed by atoms with E-state index in [4.69, 9.17) is 0 Å². The molecule has 0 aliphatic carbocycles. The van der Waals surface area contributed by atoms with Crippen LogP contribution in [0.2, 0.25) is 0 Å². The molecule has 3 rings (SSSR count). The van der Waals surface area contributed by atoms with Crippen molar-refractivity contribution in [2.75, 3.05) is 6.54 Å². The Morgan fingerprint density at radius 1 is 1.33 bits per heavy atom. The second kappa shape index (κ2) is 5.52. The monoisotopic (exact) mass is 283 g/mol. The lowest BCUT2D eigenvalue weighted by molar-refractivity contribution is 0.0731. The number of hydrogen-bond donors (Lipinski definition) is 1. The number of pyridine rings is 2. The van der Waals surface area contributed by atoms with Crippen molar-refractivity contribution >= 4 is 5.91 Å². The number of hydrogen-bond acceptors (Lipinski definition) is 3. The van der Waals surface area contributed by atoms with Gasteiger partial charge in [0.25, 0.3) is 11.5 Å². The molecule has 2 aromatic heterocycles. The zero-order chi connectivity index (χ0) is 14.8. The first-order chi connectivity index (χ1) is 10.2. The number of likely N-dealkylation sites (tertiary alicyclic amines) is 1. The molecular formula is C16H17N3O2. The summed E-state index contributed by atoms with van der Waals surface area (Å²) in [6, 6.07) is 9.01. The number of rotatable bonds is 2. The fourth-order valence-electron chi connectivity index (χ4n) is 2.79. The summed E-state index contributed by atoms with van der Waals surface area (Å²) in [4.78, 5) is 33.4. The van der Waals surface area contributed by atoms with Gasteiger partial charge in [0, 0.05) is 18.4 Å². The maximum absolute atomic E-state index is 12.6. The quantitative estimate of drug-likeness (QED) is 0.917. The van der Waals surface area contributed by atoms with E-state index in [2.05, 4.69) is 9.97 Å². The third-order valence-corrected chi connectivity index (χ3v) is 3.83. The van der Waals surface area contributed by atoms with Gasteiger partial charge in [-0.2, -0.15) is 0 Å². The first-order valence-electron chi connectivity index (χ1n) is 7.08. The molecule has 3 heterocycles. The molecule has 1 N–H and O–H groups in total. The van der Waals surface area contributed by atoms with E-state index in [-0.39, 0.29) is 23.1 Å². The van der Waals surface area contributed by atoms with E-state index in [1.807, 2.05) is 18.2 Å². The second-order valence-corrected chi connectivity index (χ2v) is 5.30. The number of carbonyl (C=O) groups excluding carboxylic acids is 1. The molecule has 0 saturated carbocycles. The van der Waals surface area contributed by atoms with Gasteiger partial charge >= 0.3 is 0 Å². The van der Waals surface area contributed by atoms with E-state index < -0.39 is 0 Å². The molecule has 1 amide bonds. The molecule has 1 aliphatic heterocycles. The highest BCUT2D eigenvalue weighted by atomic mass is 16.2. The SMILES string of the molecule is Cc1ccc(C(=O)N2CCCC2c2ccccn2)c(=O)[nH]1. The lowest BCUT2D eigenvalue weighted by Gasteiger charge is -2.24. The molecule has 0 spiro atoms. The third-order valence-electron chi connectivity index (χ3n) is 3.83. The van der Waals surface area contributed by atoms with Gasteiger partial charge in [-0.15, -0.1) is 0 Å². The van der Waals surface area contributed by atoms with Crippen molar-refractivity contribution in [2.45, 2.75) is 25.8 Å². The predicted molar refractivity (Wildman–Crippen MR) is 79.0 cm³/mol. The summed E-state index contributed by atoms with van der Waals surface area (Å²) >= 11 is 0. The highest BCUT2D eigenvalue weighted by molar-refractivity contribution is 5.94. The van der Waals surface area contributed by atoms with E-state index in [9.17, 15) is 9.59 Å². The predicted octanol–water partition coefficient (Wildman–Crippen LogP) is 2.06. The van der Waals surface area contributed by atoms with Gasteiger partial charge < -0.3 is 9.88 Å². The first-order valence-corrected chi connectivity index (χ1v) is 7.08. The summed E-state index contributed by atoms with van der Waals surface area (Å²) in [6.07, 6.45) is 3.54. The molecule has 1 fully saturated rings. The molecule has 2 aromatic rings. The normalized spacial score (nSPS) is 18.0. The zero-order valence-corrected chi connectivity index (χ0v) is 11.9. The van der Waals surface area contributed by atoms with Crippen LogP contribution >= 0.6 is 0 Å². The van der Waals surface area contributed by atoms with E-state index in [0.29, 0.717) is 6.54 Å². The van der Waals surface area contributed by atoms with Crippen LogP contribution in [0.5, 0.6) is 0 Å². The van der Waals surface area contributed by atoms with Crippen molar-refractivity contribution in [2.24, 2.45) is 0 Å². The van der Waals surface area contributed by atoms with Crippen molar-refractivity contribution < 1.29 is 4.79 Å². The summed E-state index contributed by atoms with van der Waals surface area (Å²) < 4.78 is 0. The summed E-state index contributed by atoms with van der Waals surface area (Å²) in [5, 5.41) is 0. The van der Waals surface area contributed by atoms with E-state index in [1.54, 1.807) is 30.2 Å². The number of nitrogens with zero attached hydrogens (tertiary/aromatic N) is 2. The van der Waals surface area contributed by atoms with Crippen LogP contribution in [0, 0.1) is 6.92 Å². The van der Waals surface area contributed by atoms with Crippen LogP contribution in [-0.4, -0.2) is 27.3 Å². The molecule has 1 unspecified atom stereocenters. The number of carbonyl (C=O) groups is 1. The summed E-state index contributed by atoms with van der Waals surface area (Å²) in [5.74, 6) is -0.218.